The van der Waals surface area contributed by atoms with Crippen LogP contribution in [0.4, 0.5) is 0 Å². The molecule has 0 nitrogen and oxygen atoms in total. The standard InChI is InChI=1S/C6H7S3/c1-2-6-3-4-8-9(7)5-6/h1,5-6H,3-4H2/q-1. The van der Waals surface area contributed by atoms with Crippen LogP contribution in [0, 0.1) is 18.3 Å². The Morgan fingerprint density at radius 2 is 2.67 bits per heavy atom. The molecule has 1 heterocycles. The van der Waals surface area contributed by atoms with Gasteiger partial charge in [-0.05, 0) is 12.2 Å². The second-order valence-corrected chi connectivity index (χ2v) is 6.71. The summed E-state index contributed by atoms with van der Waals surface area (Å²) in [5.41, 5.74) is 0. The molecule has 0 saturated carbocycles. The Balaban J connectivity index is 2.71. The molecule has 0 aromatic rings. The van der Waals surface area contributed by atoms with Gasteiger partial charge in [-0.25, -0.2) is 0 Å². The van der Waals surface area contributed by atoms with E-state index in [0.29, 0.717) is 5.92 Å². The van der Waals surface area contributed by atoms with Gasteiger partial charge in [-0.3, -0.25) is 22.0 Å². The highest BCUT2D eigenvalue weighted by Crippen LogP contribution is 2.15. The lowest BCUT2D eigenvalue weighted by Gasteiger charge is -2.19. The highest BCUT2D eigenvalue weighted by atomic mass is 33.3. The lowest BCUT2D eigenvalue weighted by Crippen LogP contribution is -2.05. The van der Waals surface area contributed by atoms with E-state index in [0.717, 1.165) is 12.2 Å². The van der Waals surface area contributed by atoms with E-state index in [2.05, 4.69) is 11.3 Å². The van der Waals surface area contributed by atoms with Gasteiger partial charge in [0.05, 0.1) is 0 Å². The highest BCUT2D eigenvalue weighted by Gasteiger charge is 1.98. The van der Waals surface area contributed by atoms with Crippen molar-refractivity contribution in [2.45, 2.75) is 6.42 Å². The summed E-state index contributed by atoms with van der Waals surface area (Å²) in [5, 5.41) is 2.10. The predicted molar refractivity (Wildman–Crippen MR) is 50.2 cm³/mol. The molecule has 9 heavy (non-hydrogen) atoms. The Bertz CT molecular complexity index is 205. The third kappa shape index (κ3) is 2.21. The van der Waals surface area contributed by atoms with Crippen LogP contribution < -0.4 is 0 Å². The number of hydrogen-bond acceptors (Lipinski definition) is 3. The molecule has 3 heteroatoms. The lowest BCUT2D eigenvalue weighted by atomic mass is 10.1. The van der Waals surface area contributed by atoms with Gasteiger partial charge in [-0.2, -0.15) is 5.37 Å². The smallest absolute Gasteiger partial charge is 0.0166 e. The topological polar surface area (TPSA) is 0 Å². The molecule has 0 fully saturated rings. The fourth-order valence-corrected chi connectivity index (χ4v) is 4.13. The summed E-state index contributed by atoms with van der Waals surface area (Å²) < 4.78 is 0. The first-order valence-corrected chi connectivity index (χ1v) is 6.39. The van der Waals surface area contributed by atoms with Crippen molar-refractivity contribution in [1.29, 1.82) is 0 Å². The zero-order valence-corrected chi connectivity index (χ0v) is 7.32. The van der Waals surface area contributed by atoms with Crippen molar-refractivity contribution in [2.75, 3.05) is 5.75 Å². The molecular formula is C6H7S3-. The van der Waals surface area contributed by atoms with Crippen molar-refractivity contribution in [3.8, 4) is 12.3 Å². The van der Waals surface area contributed by atoms with Crippen LogP contribution in [-0.2, 0) is 19.3 Å². The summed E-state index contributed by atoms with van der Waals surface area (Å²) in [4.78, 5) is 0. The second kappa shape index (κ2) is 3.50. The zero-order valence-electron chi connectivity index (χ0n) is 4.87. The van der Waals surface area contributed by atoms with Crippen LogP contribution in [0.3, 0.4) is 0 Å². The molecule has 1 unspecified atom stereocenters. The molecule has 0 saturated heterocycles. The minimum Gasteiger partial charge on any atom is -0.357 e. The molecule has 1 atom stereocenters. The summed E-state index contributed by atoms with van der Waals surface area (Å²) in [5.74, 6) is 4.20. The molecule has 1 aliphatic heterocycles. The van der Waals surface area contributed by atoms with Gasteiger partial charge in [0.2, 0.25) is 0 Å². The van der Waals surface area contributed by atoms with Gasteiger partial charge < -0.3 is 8.08 Å². The summed E-state index contributed by atoms with van der Waals surface area (Å²) in [6, 6.07) is 0. The van der Waals surface area contributed by atoms with Gasteiger partial charge in [0.25, 0.3) is 0 Å². The molecule has 0 radical (unpaired) electrons. The Hall–Kier alpha value is 0.350. The monoisotopic (exact) mass is 175 g/mol. The average molecular weight is 175 g/mol. The predicted octanol–water partition coefficient (Wildman–Crippen LogP) is 1.17. The van der Waals surface area contributed by atoms with Crippen molar-refractivity contribution >= 4 is 35.4 Å². The maximum absolute atomic E-state index is 5.23. The molecule has 0 bridgehead atoms. The first-order chi connectivity index (χ1) is 4.33. The van der Waals surface area contributed by atoms with Crippen LogP contribution in [-0.4, -0.2) is 11.1 Å². The number of hydrogen-bond donors (Lipinski definition) is 0. The molecule has 0 aliphatic carbocycles. The van der Waals surface area contributed by atoms with Crippen molar-refractivity contribution in [1.82, 2.24) is 0 Å². The van der Waals surface area contributed by atoms with Gasteiger partial charge in [-0.1, -0.05) is 0 Å². The summed E-state index contributed by atoms with van der Waals surface area (Å²) in [7, 11) is 1.84. The minimum atomic E-state index is 0.0123. The van der Waals surface area contributed by atoms with E-state index >= 15 is 0 Å². The summed E-state index contributed by atoms with van der Waals surface area (Å²) in [6.07, 6.45) is 6.35. The van der Waals surface area contributed by atoms with Crippen LogP contribution in [0.1, 0.15) is 6.42 Å². The fourth-order valence-electron chi connectivity index (χ4n) is 0.621. The molecule has 50 valence electrons. The number of terminal acetylenes is 1. The minimum absolute atomic E-state index is 0.0123. The Kier molecular flexibility index (Phi) is 2.90. The average Bonchev–Trinajstić information content (AvgIpc) is 1.88. The van der Waals surface area contributed by atoms with E-state index in [1.165, 1.54) is 0 Å². The van der Waals surface area contributed by atoms with Gasteiger partial charge in [0.1, 0.15) is 0 Å². The van der Waals surface area contributed by atoms with E-state index in [1.807, 2.05) is 10.8 Å². The normalized spacial score (nSPS) is 28.6. The molecule has 0 spiro atoms. The lowest BCUT2D eigenvalue weighted by molar-refractivity contribution is 0.879. The molecule has 1 rings (SSSR count). The van der Waals surface area contributed by atoms with E-state index in [1.54, 1.807) is 0 Å². The SMILES string of the molecule is C#CC1C=[S-](=S)SCC1. The molecule has 0 aromatic carbocycles. The second-order valence-electron chi connectivity index (χ2n) is 1.78. The van der Waals surface area contributed by atoms with Crippen LogP contribution >= 0.6 is 10.8 Å². The zero-order chi connectivity index (χ0) is 6.69. The van der Waals surface area contributed by atoms with E-state index < -0.39 is 0 Å². The first kappa shape index (κ1) is 7.46. The Morgan fingerprint density at radius 1 is 1.89 bits per heavy atom. The van der Waals surface area contributed by atoms with Gasteiger partial charge in [0, 0.05) is 5.92 Å². The van der Waals surface area contributed by atoms with Crippen LogP contribution in [0.2, 0.25) is 0 Å². The van der Waals surface area contributed by atoms with E-state index in [4.69, 9.17) is 17.6 Å². The third-order valence-corrected chi connectivity index (χ3v) is 5.03. The Labute approximate surface area is 66.0 Å². The molecule has 0 amide bonds. The highest BCUT2D eigenvalue weighted by molar-refractivity contribution is 8.81. The van der Waals surface area contributed by atoms with Crippen LogP contribution in [0.5, 0.6) is 0 Å². The summed E-state index contributed by atoms with van der Waals surface area (Å²) >= 11 is 5.07. The van der Waals surface area contributed by atoms with Gasteiger partial charge in [-0.15, -0.1) is 12.3 Å². The van der Waals surface area contributed by atoms with E-state index in [9.17, 15) is 0 Å². The van der Waals surface area contributed by atoms with Crippen LogP contribution in [0.15, 0.2) is 0 Å². The summed E-state index contributed by atoms with van der Waals surface area (Å²) in [6.45, 7) is 0. The van der Waals surface area contributed by atoms with Gasteiger partial charge in [0.15, 0.2) is 0 Å². The van der Waals surface area contributed by atoms with Crippen molar-refractivity contribution in [3.05, 3.63) is 0 Å². The maximum Gasteiger partial charge on any atom is 0.0166 e. The van der Waals surface area contributed by atoms with Gasteiger partial charge >= 0.3 is 0 Å². The van der Waals surface area contributed by atoms with E-state index in [-0.39, 0.29) is 8.08 Å². The quantitative estimate of drug-likeness (QED) is 0.235. The van der Waals surface area contributed by atoms with Crippen molar-refractivity contribution < 1.29 is 0 Å². The Morgan fingerprint density at radius 3 is 3.11 bits per heavy atom. The maximum atomic E-state index is 5.23. The molecule has 1 aliphatic rings. The molecule has 0 N–H and O–H groups in total. The molecule has 0 aromatic heterocycles. The van der Waals surface area contributed by atoms with Crippen LogP contribution in [0.25, 0.3) is 0 Å². The third-order valence-electron chi connectivity index (χ3n) is 1.12. The number of rotatable bonds is 0. The van der Waals surface area contributed by atoms with Crippen molar-refractivity contribution in [2.24, 2.45) is 5.92 Å². The first-order valence-electron chi connectivity index (χ1n) is 2.68. The largest absolute Gasteiger partial charge is 0.357 e. The molecular weight excluding hydrogens is 168 g/mol. The fraction of sp³-hybridized carbons (Fsp3) is 0.500. The van der Waals surface area contributed by atoms with Crippen molar-refractivity contribution in [3.63, 3.8) is 0 Å².